The first kappa shape index (κ1) is 13.4. The summed E-state index contributed by atoms with van der Waals surface area (Å²) in [7, 11) is 0. The number of aryl methyl sites for hydroxylation is 1. The molecule has 3 rings (SSSR count). The molecule has 2 nitrogen and oxygen atoms in total. The number of nitrogens with zero attached hydrogens (tertiary/aromatic N) is 2. The summed E-state index contributed by atoms with van der Waals surface area (Å²) >= 11 is 1.79. The molecule has 0 saturated heterocycles. The summed E-state index contributed by atoms with van der Waals surface area (Å²) in [6, 6.07) is 8.97. The van der Waals surface area contributed by atoms with Gasteiger partial charge >= 0.3 is 0 Å². The van der Waals surface area contributed by atoms with E-state index in [2.05, 4.69) is 67.5 Å². The zero-order valence-electron chi connectivity index (χ0n) is 12.5. The molecule has 0 aliphatic rings. The quantitative estimate of drug-likeness (QED) is 0.652. The largest absolute Gasteiger partial charge is 0.290 e. The number of fused-ring (bicyclic) bond motifs is 1. The van der Waals surface area contributed by atoms with E-state index in [0.29, 0.717) is 0 Å². The van der Waals surface area contributed by atoms with Crippen molar-refractivity contribution in [2.45, 2.75) is 39.5 Å². The Morgan fingerprint density at radius 2 is 1.85 bits per heavy atom. The number of hydrogen-bond acceptors (Lipinski definition) is 2. The van der Waals surface area contributed by atoms with Gasteiger partial charge in [0, 0.05) is 17.3 Å². The number of aromatic nitrogens is 2. The van der Waals surface area contributed by atoms with Gasteiger partial charge in [-0.05, 0) is 23.0 Å². The van der Waals surface area contributed by atoms with Gasteiger partial charge in [-0.2, -0.15) is 0 Å². The number of imidazole rings is 1. The zero-order chi connectivity index (χ0) is 14.3. The Balaban J connectivity index is 2.13. The van der Waals surface area contributed by atoms with E-state index in [0.717, 1.165) is 11.4 Å². The normalized spacial score (nSPS) is 12.2. The van der Waals surface area contributed by atoms with Gasteiger partial charge in [-0.1, -0.05) is 52.0 Å². The van der Waals surface area contributed by atoms with Crippen LogP contribution in [0.4, 0.5) is 0 Å². The smallest absolute Gasteiger partial charge is 0.194 e. The average molecular weight is 284 g/mol. The van der Waals surface area contributed by atoms with Crippen LogP contribution in [0.15, 0.2) is 36.7 Å². The van der Waals surface area contributed by atoms with Crippen LogP contribution in [0.3, 0.4) is 0 Å². The maximum Gasteiger partial charge on any atom is 0.194 e. The van der Waals surface area contributed by atoms with Gasteiger partial charge < -0.3 is 0 Å². The molecular formula is C17H20N2S. The molecule has 2 aromatic heterocycles. The highest BCUT2D eigenvalue weighted by Gasteiger charge is 2.16. The lowest BCUT2D eigenvalue weighted by Gasteiger charge is -2.19. The van der Waals surface area contributed by atoms with Crippen molar-refractivity contribution in [3.8, 4) is 11.3 Å². The molecule has 3 heteroatoms. The molecule has 0 aliphatic carbocycles. The topological polar surface area (TPSA) is 17.3 Å². The first-order valence-corrected chi connectivity index (χ1v) is 7.88. The van der Waals surface area contributed by atoms with Crippen LogP contribution in [0.5, 0.6) is 0 Å². The average Bonchev–Trinajstić information content (AvgIpc) is 2.97. The van der Waals surface area contributed by atoms with E-state index in [1.54, 1.807) is 11.3 Å². The minimum atomic E-state index is 0.199. The summed E-state index contributed by atoms with van der Waals surface area (Å²) in [4.78, 5) is 6.89. The van der Waals surface area contributed by atoms with Crippen molar-refractivity contribution in [1.29, 1.82) is 0 Å². The lowest BCUT2D eigenvalue weighted by atomic mass is 9.86. The first-order chi connectivity index (χ1) is 9.50. The standard InChI is InChI=1S/C17H20N2S/c1-5-14-15(19-11-10-18-16(19)20-14)12-6-8-13(9-7-12)17(2,3)4/h6-11H,5H2,1-4H3. The molecule has 0 N–H and O–H groups in total. The van der Waals surface area contributed by atoms with Crippen LogP contribution in [0.1, 0.15) is 38.1 Å². The summed E-state index contributed by atoms with van der Waals surface area (Å²) in [5.41, 5.74) is 4.14. The van der Waals surface area contributed by atoms with Crippen LogP contribution < -0.4 is 0 Å². The highest BCUT2D eigenvalue weighted by atomic mass is 32.1. The van der Waals surface area contributed by atoms with E-state index in [9.17, 15) is 0 Å². The highest BCUT2D eigenvalue weighted by molar-refractivity contribution is 7.17. The van der Waals surface area contributed by atoms with Crippen LogP contribution in [-0.2, 0) is 11.8 Å². The zero-order valence-corrected chi connectivity index (χ0v) is 13.3. The predicted octanol–water partition coefficient (Wildman–Crippen LogP) is 4.92. The van der Waals surface area contributed by atoms with Crippen molar-refractivity contribution in [2.75, 3.05) is 0 Å². The van der Waals surface area contributed by atoms with Gasteiger partial charge in [-0.25, -0.2) is 4.98 Å². The van der Waals surface area contributed by atoms with E-state index in [-0.39, 0.29) is 5.41 Å². The molecule has 2 heterocycles. The Hall–Kier alpha value is -1.61. The van der Waals surface area contributed by atoms with E-state index in [4.69, 9.17) is 0 Å². The van der Waals surface area contributed by atoms with Crippen LogP contribution >= 0.6 is 11.3 Å². The summed E-state index contributed by atoms with van der Waals surface area (Å²) in [6.07, 6.45) is 4.97. The molecule has 0 radical (unpaired) electrons. The summed E-state index contributed by atoms with van der Waals surface area (Å²) < 4.78 is 2.20. The second kappa shape index (κ2) is 4.74. The van der Waals surface area contributed by atoms with Crippen LogP contribution in [0, 0.1) is 0 Å². The molecule has 0 bridgehead atoms. The Morgan fingerprint density at radius 1 is 1.15 bits per heavy atom. The molecule has 3 aromatic rings. The molecule has 1 aromatic carbocycles. The van der Waals surface area contributed by atoms with Gasteiger partial charge in [0.25, 0.3) is 0 Å². The summed E-state index contributed by atoms with van der Waals surface area (Å²) in [6.45, 7) is 8.95. The van der Waals surface area contributed by atoms with Crippen LogP contribution in [-0.4, -0.2) is 9.38 Å². The fourth-order valence-electron chi connectivity index (χ4n) is 2.50. The number of rotatable bonds is 2. The molecule has 0 aliphatic heterocycles. The summed E-state index contributed by atoms with van der Waals surface area (Å²) in [5, 5.41) is 0. The maximum absolute atomic E-state index is 4.41. The number of benzene rings is 1. The minimum Gasteiger partial charge on any atom is -0.290 e. The van der Waals surface area contributed by atoms with Crippen molar-refractivity contribution in [1.82, 2.24) is 9.38 Å². The fraction of sp³-hybridized carbons (Fsp3) is 0.353. The lowest BCUT2D eigenvalue weighted by molar-refractivity contribution is 0.590. The van der Waals surface area contributed by atoms with E-state index < -0.39 is 0 Å². The highest BCUT2D eigenvalue weighted by Crippen LogP contribution is 2.33. The van der Waals surface area contributed by atoms with Crippen molar-refractivity contribution >= 4 is 16.3 Å². The van der Waals surface area contributed by atoms with E-state index >= 15 is 0 Å². The van der Waals surface area contributed by atoms with Gasteiger partial charge in [-0.15, -0.1) is 11.3 Å². The molecule has 20 heavy (non-hydrogen) atoms. The van der Waals surface area contributed by atoms with Crippen molar-refractivity contribution in [3.63, 3.8) is 0 Å². The Labute approximate surface area is 124 Å². The molecule has 0 spiro atoms. The van der Waals surface area contributed by atoms with Crippen molar-refractivity contribution < 1.29 is 0 Å². The van der Waals surface area contributed by atoms with Gasteiger partial charge in [0.2, 0.25) is 0 Å². The van der Waals surface area contributed by atoms with E-state index in [1.807, 2.05) is 6.20 Å². The van der Waals surface area contributed by atoms with E-state index in [1.165, 1.54) is 21.7 Å². The maximum atomic E-state index is 4.41. The molecule has 0 atom stereocenters. The fourth-order valence-corrected chi connectivity index (χ4v) is 3.54. The third kappa shape index (κ3) is 2.16. The number of thiazole rings is 1. The third-order valence-electron chi connectivity index (χ3n) is 3.67. The molecular weight excluding hydrogens is 264 g/mol. The van der Waals surface area contributed by atoms with Gasteiger partial charge in [-0.3, -0.25) is 4.40 Å². The second-order valence-corrected chi connectivity index (χ2v) is 7.20. The molecule has 104 valence electrons. The third-order valence-corrected chi connectivity index (χ3v) is 4.88. The van der Waals surface area contributed by atoms with Crippen LogP contribution in [0.25, 0.3) is 16.2 Å². The van der Waals surface area contributed by atoms with Gasteiger partial charge in [0.15, 0.2) is 4.96 Å². The van der Waals surface area contributed by atoms with Crippen LogP contribution in [0.2, 0.25) is 0 Å². The number of hydrogen-bond donors (Lipinski definition) is 0. The second-order valence-electron chi connectivity index (χ2n) is 6.13. The minimum absolute atomic E-state index is 0.199. The van der Waals surface area contributed by atoms with Crippen molar-refractivity contribution in [3.05, 3.63) is 47.1 Å². The Morgan fingerprint density at radius 3 is 2.45 bits per heavy atom. The Kier molecular flexibility index (Phi) is 3.17. The molecule has 0 unspecified atom stereocenters. The van der Waals surface area contributed by atoms with Gasteiger partial charge in [0.05, 0.1) is 5.69 Å². The van der Waals surface area contributed by atoms with Gasteiger partial charge in [0.1, 0.15) is 0 Å². The Bertz CT molecular complexity index is 727. The molecule has 0 amide bonds. The summed E-state index contributed by atoms with van der Waals surface area (Å²) in [5.74, 6) is 0. The lowest BCUT2D eigenvalue weighted by Crippen LogP contribution is -2.10. The SMILES string of the molecule is CCc1sc2nccn2c1-c1ccc(C(C)(C)C)cc1. The predicted molar refractivity (Wildman–Crippen MR) is 86.6 cm³/mol. The van der Waals surface area contributed by atoms with Crippen molar-refractivity contribution in [2.24, 2.45) is 0 Å². The molecule has 0 fully saturated rings. The molecule has 0 saturated carbocycles. The first-order valence-electron chi connectivity index (χ1n) is 7.06. The monoisotopic (exact) mass is 284 g/mol.